The summed E-state index contributed by atoms with van der Waals surface area (Å²) in [4.78, 5) is 1.97. The number of halogens is 1. The quantitative estimate of drug-likeness (QED) is 0.771. The molecule has 1 atom stereocenters. The predicted molar refractivity (Wildman–Crippen MR) is 72.7 cm³/mol. The molecule has 0 heterocycles. The minimum Gasteiger partial charge on any atom is -0.497 e. The molecular weight excluding hydrogens is 254 g/mol. The molecule has 0 radical (unpaired) electrons. The Kier molecular flexibility index (Phi) is 6.25. The third-order valence-electron chi connectivity index (χ3n) is 2.73. The molecule has 0 aromatic heterocycles. The van der Waals surface area contributed by atoms with Crippen molar-refractivity contribution in [1.82, 2.24) is 4.90 Å². The van der Waals surface area contributed by atoms with Crippen LogP contribution < -0.4 is 9.47 Å². The van der Waals surface area contributed by atoms with E-state index in [-0.39, 0.29) is 12.0 Å². The van der Waals surface area contributed by atoms with E-state index in [9.17, 15) is 0 Å². The summed E-state index contributed by atoms with van der Waals surface area (Å²) in [6.45, 7) is 1.34. The van der Waals surface area contributed by atoms with Crippen LogP contribution in [0.5, 0.6) is 11.5 Å². The second kappa shape index (κ2) is 7.46. The standard InChI is InChI=1S/C13H20ClNO3/c1-15(6-7-16)9-12(14)11-8-10(17-2)4-5-13(11)18-3/h4-5,8,12,16H,6-7,9H2,1-3H3. The fourth-order valence-electron chi connectivity index (χ4n) is 1.72. The summed E-state index contributed by atoms with van der Waals surface area (Å²) in [6, 6.07) is 5.56. The summed E-state index contributed by atoms with van der Waals surface area (Å²) >= 11 is 6.39. The Hall–Kier alpha value is -0.970. The van der Waals surface area contributed by atoms with Crippen LogP contribution in [0, 0.1) is 0 Å². The van der Waals surface area contributed by atoms with Crippen molar-refractivity contribution in [3.8, 4) is 11.5 Å². The van der Waals surface area contributed by atoms with E-state index in [1.165, 1.54) is 0 Å². The van der Waals surface area contributed by atoms with Gasteiger partial charge in [-0.1, -0.05) is 0 Å². The summed E-state index contributed by atoms with van der Waals surface area (Å²) < 4.78 is 10.5. The van der Waals surface area contributed by atoms with E-state index < -0.39 is 0 Å². The van der Waals surface area contributed by atoms with E-state index in [1.54, 1.807) is 14.2 Å². The van der Waals surface area contributed by atoms with Crippen molar-refractivity contribution in [2.24, 2.45) is 0 Å². The minimum atomic E-state index is -0.216. The van der Waals surface area contributed by atoms with Crippen LogP contribution in [-0.4, -0.2) is 51.0 Å². The number of methoxy groups -OCH3 is 2. The molecule has 0 aliphatic heterocycles. The number of ether oxygens (including phenoxy) is 2. The van der Waals surface area contributed by atoms with Crippen molar-refractivity contribution < 1.29 is 14.6 Å². The maximum Gasteiger partial charge on any atom is 0.123 e. The molecule has 0 saturated carbocycles. The number of hydrogen-bond acceptors (Lipinski definition) is 4. The Morgan fingerprint density at radius 2 is 2.06 bits per heavy atom. The van der Waals surface area contributed by atoms with Gasteiger partial charge in [0.15, 0.2) is 0 Å². The molecule has 1 rings (SSSR count). The van der Waals surface area contributed by atoms with Crippen molar-refractivity contribution in [2.75, 3.05) is 41.0 Å². The monoisotopic (exact) mass is 273 g/mol. The normalized spacial score (nSPS) is 12.6. The molecule has 0 aliphatic rings. The van der Waals surface area contributed by atoms with Crippen LogP contribution in [0.1, 0.15) is 10.9 Å². The number of aliphatic hydroxyl groups excluding tert-OH is 1. The fourth-order valence-corrected chi connectivity index (χ4v) is 2.12. The first-order valence-electron chi connectivity index (χ1n) is 5.77. The van der Waals surface area contributed by atoms with Crippen LogP contribution in [-0.2, 0) is 0 Å². The maximum atomic E-state index is 8.87. The van der Waals surface area contributed by atoms with Gasteiger partial charge < -0.3 is 19.5 Å². The first-order valence-corrected chi connectivity index (χ1v) is 6.21. The Morgan fingerprint density at radius 1 is 1.33 bits per heavy atom. The van der Waals surface area contributed by atoms with Crippen LogP contribution in [0.25, 0.3) is 0 Å². The summed E-state index contributed by atoms with van der Waals surface area (Å²) in [5, 5.41) is 8.66. The molecule has 1 aromatic rings. The van der Waals surface area contributed by atoms with Gasteiger partial charge in [-0.25, -0.2) is 0 Å². The summed E-state index contributed by atoms with van der Waals surface area (Å²) in [6.07, 6.45) is 0. The first kappa shape index (κ1) is 15.1. The van der Waals surface area contributed by atoms with Gasteiger partial charge in [-0.2, -0.15) is 0 Å². The molecule has 0 aliphatic carbocycles. The zero-order valence-electron chi connectivity index (χ0n) is 11.0. The van der Waals surface area contributed by atoms with Gasteiger partial charge in [-0.3, -0.25) is 0 Å². The highest BCUT2D eigenvalue weighted by molar-refractivity contribution is 6.21. The second-order valence-electron chi connectivity index (χ2n) is 4.06. The van der Waals surface area contributed by atoms with E-state index in [0.29, 0.717) is 13.1 Å². The molecule has 18 heavy (non-hydrogen) atoms. The zero-order chi connectivity index (χ0) is 13.5. The number of alkyl halides is 1. The van der Waals surface area contributed by atoms with Gasteiger partial charge in [-0.05, 0) is 25.2 Å². The molecule has 1 aromatic carbocycles. The molecule has 4 nitrogen and oxygen atoms in total. The number of likely N-dealkylation sites (N-methyl/N-ethyl adjacent to an activating group) is 1. The van der Waals surface area contributed by atoms with Crippen LogP contribution in [0.3, 0.4) is 0 Å². The predicted octanol–water partition coefficient (Wildman–Crippen LogP) is 1.91. The highest BCUT2D eigenvalue weighted by Gasteiger charge is 2.16. The van der Waals surface area contributed by atoms with Crippen molar-refractivity contribution in [1.29, 1.82) is 0 Å². The lowest BCUT2D eigenvalue weighted by Gasteiger charge is -2.21. The Labute approximate surface area is 113 Å². The Bertz CT molecular complexity index is 373. The lowest BCUT2D eigenvalue weighted by atomic mass is 10.1. The molecule has 0 fully saturated rings. The van der Waals surface area contributed by atoms with Gasteiger partial charge in [0, 0.05) is 18.7 Å². The van der Waals surface area contributed by atoms with Crippen molar-refractivity contribution >= 4 is 11.6 Å². The first-order chi connectivity index (χ1) is 8.62. The van der Waals surface area contributed by atoms with Gasteiger partial charge in [-0.15, -0.1) is 11.6 Å². The van der Waals surface area contributed by atoms with E-state index >= 15 is 0 Å². The fraction of sp³-hybridized carbons (Fsp3) is 0.538. The molecule has 1 unspecified atom stereocenters. The van der Waals surface area contributed by atoms with Crippen LogP contribution in [0.15, 0.2) is 18.2 Å². The average molecular weight is 274 g/mol. The van der Waals surface area contributed by atoms with Crippen LogP contribution in [0.4, 0.5) is 0 Å². The second-order valence-corrected chi connectivity index (χ2v) is 4.59. The Balaban J connectivity index is 2.85. The number of benzene rings is 1. The van der Waals surface area contributed by atoms with Gasteiger partial charge in [0.1, 0.15) is 11.5 Å². The van der Waals surface area contributed by atoms with Crippen LogP contribution in [0.2, 0.25) is 0 Å². The molecule has 0 saturated heterocycles. The minimum absolute atomic E-state index is 0.120. The highest BCUT2D eigenvalue weighted by atomic mass is 35.5. The number of nitrogens with zero attached hydrogens (tertiary/aromatic N) is 1. The van der Waals surface area contributed by atoms with E-state index in [0.717, 1.165) is 17.1 Å². The molecule has 0 amide bonds. The molecule has 1 N–H and O–H groups in total. The smallest absolute Gasteiger partial charge is 0.123 e. The van der Waals surface area contributed by atoms with Crippen molar-refractivity contribution in [3.63, 3.8) is 0 Å². The number of hydrogen-bond donors (Lipinski definition) is 1. The van der Waals surface area contributed by atoms with E-state index in [1.807, 2.05) is 30.1 Å². The van der Waals surface area contributed by atoms with Crippen LogP contribution >= 0.6 is 11.6 Å². The average Bonchev–Trinajstić information content (AvgIpc) is 2.38. The molecule has 5 heteroatoms. The number of aliphatic hydroxyl groups is 1. The van der Waals surface area contributed by atoms with Gasteiger partial charge in [0.05, 0.1) is 26.2 Å². The third-order valence-corrected chi connectivity index (χ3v) is 3.10. The summed E-state index contributed by atoms with van der Waals surface area (Å²) in [5.74, 6) is 1.49. The van der Waals surface area contributed by atoms with Gasteiger partial charge in [0.2, 0.25) is 0 Å². The highest BCUT2D eigenvalue weighted by Crippen LogP contribution is 2.33. The third kappa shape index (κ3) is 4.05. The topological polar surface area (TPSA) is 41.9 Å². The largest absolute Gasteiger partial charge is 0.497 e. The zero-order valence-corrected chi connectivity index (χ0v) is 11.8. The van der Waals surface area contributed by atoms with E-state index in [4.69, 9.17) is 26.2 Å². The van der Waals surface area contributed by atoms with Crippen molar-refractivity contribution in [2.45, 2.75) is 5.38 Å². The van der Waals surface area contributed by atoms with Gasteiger partial charge >= 0.3 is 0 Å². The maximum absolute atomic E-state index is 8.87. The van der Waals surface area contributed by atoms with Gasteiger partial charge in [0.25, 0.3) is 0 Å². The number of rotatable bonds is 7. The lowest BCUT2D eigenvalue weighted by Crippen LogP contribution is -2.25. The van der Waals surface area contributed by atoms with E-state index in [2.05, 4.69) is 0 Å². The molecule has 0 bridgehead atoms. The molecular formula is C13H20ClNO3. The SMILES string of the molecule is COc1ccc(OC)c(C(Cl)CN(C)CCO)c1. The molecule has 0 spiro atoms. The molecule has 102 valence electrons. The lowest BCUT2D eigenvalue weighted by molar-refractivity contribution is 0.221. The summed E-state index contributed by atoms with van der Waals surface area (Å²) in [5.41, 5.74) is 0.892. The summed E-state index contributed by atoms with van der Waals surface area (Å²) in [7, 11) is 5.15. The Morgan fingerprint density at radius 3 is 2.61 bits per heavy atom. The van der Waals surface area contributed by atoms with Crippen molar-refractivity contribution in [3.05, 3.63) is 23.8 Å².